The van der Waals surface area contributed by atoms with Gasteiger partial charge < -0.3 is 14.7 Å². The van der Waals surface area contributed by atoms with E-state index in [4.69, 9.17) is 14.7 Å². The number of rotatable bonds is 5. The van der Waals surface area contributed by atoms with Crippen molar-refractivity contribution in [2.24, 2.45) is 5.16 Å². The molecule has 0 unspecified atom stereocenters. The molecule has 1 fully saturated rings. The van der Waals surface area contributed by atoms with E-state index in [0.29, 0.717) is 5.71 Å². The lowest BCUT2D eigenvalue weighted by molar-refractivity contribution is -0.122. The summed E-state index contributed by atoms with van der Waals surface area (Å²) in [6.07, 6.45) is 2.00. The lowest BCUT2D eigenvalue weighted by Crippen LogP contribution is -2.38. The fourth-order valence-electron chi connectivity index (χ4n) is 3.16. The highest BCUT2D eigenvalue weighted by Gasteiger charge is 2.38. The van der Waals surface area contributed by atoms with Crippen molar-refractivity contribution in [1.29, 1.82) is 0 Å². The lowest BCUT2D eigenvalue weighted by Gasteiger charge is -2.38. The quantitative estimate of drug-likeness (QED) is 0.445. The van der Waals surface area contributed by atoms with Crippen LogP contribution in [0.5, 0.6) is 0 Å². The summed E-state index contributed by atoms with van der Waals surface area (Å²) in [5.74, 6) is 0. The van der Waals surface area contributed by atoms with Crippen molar-refractivity contribution in [3.05, 3.63) is 46.8 Å². The Kier molecular flexibility index (Phi) is 5.84. The molecule has 0 saturated carbocycles. The molecule has 134 valence electrons. The topological polar surface area (TPSA) is 51.0 Å². The zero-order valence-electron chi connectivity index (χ0n) is 14.7. The van der Waals surface area contributed by atoms with Crippen LogP contribution in [0.15, 0.2) is 50.0 Å². The van der Waals surface area contributed by atoms with Gasteiger partial charge in [0.05, 0.1) is 28.2 Å². The summed E-state index contributed by atoms with van der Waals surface area (Å²) in [7, 11) is 1.80. The van der Waals surface area contributed by atoms with Crippen LogP contribution in [0.25, 0.3) is 0 Å². The van der Waals surface area contributed by atoms with Gasteiger partial charge in [0.1, 0.15) is 0 Å². The van der Waals surface area contributed by atoms with E-state index < -0.39 is 0 Å². The number of thiophene rings is 1. The number of ether oxygens (including phenoxy) is 2. The van der Waals surface area contributed by atoms with E-state index in [1.54, 1.807) is 37.1 Å². The third-order valence-electron chi connectivity index (χ3n) is 4.66. The number of hydrogen-bond donors (Lipinski definition) is 1. The second-order valence-corrected chi connectivity index (χ2v) is 8.59. The Morgan fingerprint density at radius 2 is 2.16 bits per heavy atom. The SMILES string of the molecule is CO[C@]1(c2csc(Sc3ccc(/C(C)=N\O)cc3)c2)CCO[C@@H](C)C1. The first kappa shape index (κ1) is 18.5. The minimum Gasteiger partial charge on any atom is -0.411 e. The highest BCUT2D eigenvalue weighted by Crippen LogP contribution is 2.42. The molecule has 0 bridgehead atoms. The summed E-state index contributed by atoms with van der Waals surface area (Å²) in [5, 5.41) is 14.3. The molecule has 0 amide bonds. The van der Waals surface area contributed by atoms with E-state index in [1.807, 2.05) is 12.1 Å². The van der Waals surface area contributed by atoms with Gasteiger partial charge in [0, 0.05) is 24.8 Å². The maximum absolute atomic E-state index is 8.85. The second-order valence-electron chi connectivity index (χ2n) is 6.30. The third-order valence-corrected chi connectivity index (χ3v) is 6.75. The van der Waals surface area contributed by atoms with Gasteiger partial charge >= 0.3 is 0 Å². The maximum atomic E-state index is 8.85. The molecule has 0 spiro atoms. The predicted molar refractivity (Wildman–Crippen MR) is 102 cm³/mol. The summed E-state index contributed by atoms with van der Waals surface area (Å²) in [4.78, 5) is 1.16. The zero-order chi connectivity index (χ0) is 17.9. The molecule has 0 aliphatic carbocycles. The summed E-state index contributed by atoms with van der Waals surface area (Å²) in [6.45, 7) is 4.63. The van der Waals surface area contributed by atoms with Crippen LogP contribution in [-0.2, 0) is 15.1 Å². The smallest absolute Gasteiger partial charge is 0.0982 e. The monoisotopic (exact) mass is 377 g/mol. The van der Waals surface area contributed by atoms with Gasteiger partial charge in [-0.3, -0.25) is 0 Å². The third kappa shape index (κ3) is 4.08. The van der Waals surface area contributed by atoms with Crippen molar-refractivity contribution < 1.29 is 14.7 Å². The van der Waals surface area contributed by atoms with Gasteiger partial charge in [0.15, 0.2) is 0 Å². The minimum absolute atomic E-state index is 0.216. The Hall–Kier alpha value is -1.34. The summed E-state index contributed by atoms with van der Waals surface area (Å²) >= 11 is 3.49. The molecule has 1 N–H and O–H groups in total. The summed E-state index contributed by atoms with van der Waals surface area (Å²) in [5.41, 5.74) is 2.56. The molecule has 25 heavy (non-hydrogen) atoms. The van der Waals surface area contributed by atoms with Crippen LogP contribution in [0.3, 0.4) is 0 Å². The van der Waals surface area contributed by atoms with E-state index in [1.165, 1.54) is 9.77 Å². The average Bonchev–Trinajstić information content (AvgIpc) is 3.10. The van der Waals surface area contributed by atoms with E-state index in [9.17, 15) is 0 Å². The maximum Gasteiger partial charge on any atom is 0.0982 e. The van der Waals surface area contributed by atoms with Crippen LogP contribution in [0.1, 0.15) is 37.8 Å². The van der Waals surface area contributed by atoms with Crippen LogP contribution >= 0.6 is 23.1 Å². The Labute approximate surface area is 156 Å². The van der Waals surface area contributed by atoms with Crippen LogP contribution in [-0.4, -0.2) is 30.7 Å². The van der Waals surface area contributed by atoms with Gasteiger partial charge in [-0.05, 0) is 48.6 Å². The minimum atomic E-state index is -0.231. The molecular weight excluding hydrogens is 354 g/mol. The molecule has 2 aromatic rings. The van der Waals surface area contributed by atoms with Crippen molar-refractivity contribution in [2.75, 3.05) is 13.7 Å². The molecule has 2 heterocycles. The fraction of sp³-hybridized carbons (Fsp3) is 0.421. The molecule has 1 aliphatic heterocycles. The predicted octanol–water partition coefficient (Wildman–Crippen LogP) is 5.14. The lowest BCUT2D eigenvalue weighted by atomic mass is 9.85. The molecule has 0 radical (unpaired) electrons. The van der Waals surface area contributed by atoms with Gasteiger partial charge in [-0.15, -0.1) is 11.3 Å². The number of benzene rings is 1. The van der Waals surface area contributed by atoms with Crippen molar-refractivity contribution in [2.45, 2.75) is 47.5 Å². The summed E-state index contributed by atoms with van der Waals surface area (Å²) in [6, 6.07) is 10.3. The second kappa shape index (κ2) is 7.91. The molecule has 6 heteroatoms. The van der Waals surface area contributed by atoms with Crippen LogP contribution < -0.4 is 0 Å². The Bertz CT molecular complexity index is 741. The summed E-state index contributed by atoms with van der Waals surface area (Å²) < 4.78 is 12.9. The number of oxime groups is 1. The highest BCUT2D eigenvalue weighted by molar-refractivity contribution is 8.01. The first-order chi connectivity index (χ1) is 12.1. The van der Waals surface area contributed by atoms with Crippen LogP contribution in [0, 0.1) is 0 Å². The van der Waals surface area contributed by atoms with E-state index >= 15 is 0 Å². The van der Waals surface area contributed by atoms with Gasteiger partial charge in [-0.1, -0.05) is 29.1 Å². The van der Waals surface area contributed by atoms with E-state index in [-0.39, 0.29) is 11.7 Å². The normalized spacial score (nSPS) is 24.4. The Balaban J connectivity index is 1.75. The Morgan fingerprint density at radius 1 is 1.40 bits per heavy atom. The molecular formula is C19H23NO3S2. The van der Waals surface area contributed by atoms with Gasteiger partial charge in [0.2, 0.25) is 0 Å². The average molecular weight is 378 g/mol. The van der Waals surface area contributed by atoms with Crippen molar-refractivity contribution in [1.82, 2.24) is 0 Å². The molecule has 3 rings (SSSR count). The van der Waals surface area contributed by atoms with Crippen LogP contribution in [0.2, 0.25) is 0 Å². The van der Waals surface area contributed by atoms with Crippen molar-refractivity contribution >= 4 is 28.8 Å². The van der Waals surface area contributed by atoms with Crippen molar-refractivity contribution in [3.63, 3.8) is 0 Å². The number of hydrogen-bond acceptors (Lipinski definition) is 6. The molecule has 4 nitrogen and oxygen atoms in total. The molecule has 1 aromatic heterocycles. The van der Waals surface area contributed by atoms with Crippen LogP contribution in [0.4, 0.5) is 0 Å². The van der Waals surface area contributed by atoms with Gasteiger partial charge in [0.25, 0.3) is 0 Å². The molecule has 1 aliphatic rings. The number of nitrogens with zero attached hydrogens (tertiary/aromatic N) is 1. The molecule has 2 atom stereocenters. The molecule has 1 aromatic carbocycles. The zero-order valence-corrected chi connectivity index (χ0v) is 16.3. The van der Waals surface area contributed by atoms with Gasteiger partial charge in [-0.2, -0.15) is 0 Å². The van der Waals surface area contributed by atoms with Gasteiger partial charge in [-0.25, -0.2) is 0 Å². The van der Waals surface area contributed by atoms with E-state index in [0.717, 1.165) is 29.9 Å². The largest absolute Gasteiger partial charge is 0.411 e. The highest BCUT2D eigenvalue weighted by atomic mass is 32.2. The first-order valence-electron chi connectivity index (χ1n) is 8.29. The standard InChI is InChI=1S/C19H23NO3S2/c1-13-11-19(22-3,8-9-23-13)16-10-18(24-12-16)25-17-6-4-15(5-7-17)14(2)20-21/h4-7,10,12-13,21H,8-9,11H2,1-3H3/b20-14-/t13-,19+/m0/s1. The Morgan fingerprint density at radius 3 is 2.80 bits per heavy atom. The fourth-order valence-corrected chi connectivity index (χ4v) is 5.20. The first-order valence-corrected chi connectivity index (χ1v) is 9.98. The number of methoxy groups -OCH3 is 1. The van der Waals surface area contributed by atoms with Crippen molar-refractivity contribution in [3.8, 4) is 0 Å². The molecule has 1 saturated heterocycles. The van der Waals surface area contributed by atoms with E-state index in [2.05, 4.69) is 35.7 Å².